The molecule has 0 saturated carbocycles. The van der Waals surface area contributed by atoms with E-state index in [1.54, 1.807) is 0 Å². The van der Waals surface area contributed by atoms with Gasteiger partial charge in [-0.05, 0) is 12.8 Å². The van der Waals surface area contributed by atoms with E-state index in [1.165, 1.54) is 32.1 Å². The Morgan fingerprint density at radius 1 is 1.24 bits per heavy atom. The van der Waals surface area contributed by atoms with E-state index >= 15 is 0 Å². The van der Waals surface area contributed by atoms with Crippen molar-refractivity contribution >= 4 is 0 Å². The summed E-state index contributed by atoms with van der Waals surface area (Å²) < 4.78 is 2.27. The monoisotopic (exact) mass is 237 g/mol. The zero-order valence-electron chi connectivity index (χ0n) is 11.4. The SMILES string of the molecule is CCCCCCCn1ccnc1CC(N)CC. The molecule has 17 heavy (non-hydrogen) atoms. The lowest BCUT2D eigenvalue weighted by atomic mass is 10.1. The van der Waals surface area contributed by atoms with Gasteiger partial charge in [0, 0.05) is 31.4 Å². The summed E-state index contributed by atoms with van der Waals surface area (Å²) in [5, 5.41) is 0. The molecule has 0 aliphatic carbocycles. The molecule has 1 rings (SSSR count). The quantitative estimate of drug-likeness (QED) is 0.671. The molecule has 0 fully saturated rings. The fraction of sp³-hybridized carbons (Fsp3) is 0.786. The normalized spacial score (nSPS) is 12.9. The average molecular weight is 237 g/mol. The van der Waals surface area contributed by atoms with E-state index in [9.17, 15) is 0 Å². The van der Waals surface area contributed by atoms with Crippen LogP contribution in [0, 0.1) is 0 Å². The van der Waals surface area contributed by atoms with Crippen LogP contribution in [-0.2, 0) is 13.0 Å². The summed E-state index contributed by atoms with van der Waals surface area (Å²) in [5.74, 6) is 1.15. The zero-order valence-corrected chi connectivity index (χ0v) is 11.4. The summed E-state index contributed by atoms with van der Waals surface area (Å²) in [6.07, 6.45) is 12.5. The van der Waals surface area contributed by atoms with Gasteiger partial charge in [0.2, 0.25) is 0 Å². The smallest absolute Gasteiger partial charge is 0.110 e. The molecule has 0 amide bonds. The first-order valence-electron chi connectivity index (χ1n) is 7.03. The number of unbranched alkanes of at least 4 members (excludes halogenated alkanes) is 4. The molecule has 0 radical (unpaired) electrons. The fourth-order valence-electron chi connectivity index (χ4n) is 2.00. The van der Waals surface area contributed by atoms with E-state index in [2.05, 4.69) is 29.6 Å². The predicted octanol–water partition coefficient (Wildman–Crippen LogP) is 3.13. The van der Waals surface area contributed by atoms with Gasteiger partial charge < -0.3 is 10.3 Å². The van der Waals surface area contributed by atoms with Gasteiger partial charge in [0.15, 0.2) is 0 Å². The van der Waals surface area contributed by atoms with Crippen molar-refractivity contribution in [1.82, 2.24) is 9.55 Å². The Morgan fingerprint density at radius 3 is 2.71 bits per heavy atom. The number of aryl methyl sites for hydroxylation is 1. The highest BCUT2D eigenvalue weighted by molar-refractivity contribution is 4.94. The fourth-order valence-corrected chi connectivity index (χ4v) is 2.00. The molecule has 1 aromatic heterocycles. The second-order valence-corrected chi connectivity index (χ2v) is 4.82. The Labute approximate surface area is 105 Å². The Bertz CT molecular complexity index is 293. The standard InChI is InChI=1S/C14H27N3/c1-3-5-6-7-8-10-17-11-9-16-14(17)12-13(15)4-2/h9,11,13H,3-8,10,12,15H2,1-2H3. The van der Waals surface area contributed by atoms with Crippen LogP contribution < -0.4 is 5.73 Å². The van der Waals surface area contributed by atoms with Gasteiger partial charge in [0.05, 0.1) is 0 Å². The Kier molecular flexibility index (Phi) is 6.94. The van der Waals surface area contributed by atoms with Crippen LogP contribution >= 0.6 is 0 Å². The van der Waals surface area contributed by atoms with E-state index in [0.717, 1.165) is 25.2 Å². The van der Waals surface area contributed by atoms with Crippen molar-refractivity contribution in [3.63, 3.8) is 0 Å². The maximum Gasteiger partial charge on any atom is 0.110 e. The minimum absolute atomic E-state index is 0.247. The number of hydrogen-bond donors (Lipinski definition) is 1. The van der Waals surface area contributed by atoms with Crippen LogP contribution in [0.15, 0.2) is 12.4 Å². The Morgan fingerprint density at radius 2 is 2.00 bits per heavy atom. The number of rotatable bonds is 9. The predicted molar refractivity (Wildman–Crippen MR) is 73.0 cm³/mol. The third kappa shape index (κ3) is 5.35. The summed E-state index contributed by atoms with van der Waals surface area (Å²) in [7, 11) is 0. The molecule has 0 aliphatic rings. The Balaban J connectivity index is 2.30. The van der Waals surface area contributed by atoms with Crippen LogP contribution in [0.2, 0.25) is 0 Å². The van der Waals surface area contributed by atoms with Crippen LogP contribution in [0.25, 0.3) is 0 Å². The van der Waals surface area contributed by atoms with E-state index in [4.69, 9.17) is 5.73 Å². The van der Waals surface area contributed by atoms with E-state index in [-0.39, 0.29) is 6.04 Å². The van der Waals surface area contributed by atoms with E-state index in [1.807, 2.05) is 6.20 Å². The first-order valence-corrected chi connectivity index (χ1v) is 7.03. The van der Waals surface area contributed by atoms with Crippen molar-refractivity contribution in [3.05, 3.63) is 18.2 Å². The topological polar surface area (TPSA) is 43.8 Å². The van der Waals surface area contributed by atoms with Crippen molar-refractivity contribution in [2.45, 2.75) is 71.4 Å². The molecule has 1 unspecified atom stereocenters. The van der Waals surface area contributed by atoms with E-state index < -0.39 is 0 Å². The van der Waals surface area contributed by atoms with Gasteiger partial charge in [0.25, 0.3) is 0 Å². The molecule has 1 atom stereocenters. The molecule has 0 spiro atoms. The van der Waals surface area contributed by atoms with Crippen LogP contribution in [0.5, 0.6) is 0 Å². The van der Waals surface area contributed by atoms with Crippen LogP contribution in [0.3, 0.4) is 0 Å². The zero-order chi connectivity index (χ0) is 12.5. The number of aromatic nitrogens is 2. The maximum absolute atomic E-state index is 5.97. The highest BCUT2D eigenvalue weighted by atomic mass is 15.1. The molecule has 0 aromatic carbocycles. The molecule has 98 valence electrons. The molecule has 3 heteroatoms. The lowest BCUT2D eigenvalue weighted by Crippen LogP contribution is -2.23. The van der Waals surface area contributed by atoms with Gasteiger partial charge in [-0.3, -0.25) is 0 Å². The maximum atomic E-state index is 5.97. The second-order valence-electron chi connectivity index (χ2n) is 4.82. The van der Waals surface area contributed by atoms with Gasteiger partial charge in [-0.15, -0.1) is 0 Å². The molecular weight excluding hydrogens is 210 g/mol. The minimum atomic E-state index is 0.247. The largest absolute Gasteiger partial charge is 0.335 e. The number of imidazole rings is 1. The van der Waals surface area contributed by atoms with Crippen LogP contribution in [0.1, 0.15) is 58.2 Å². The van der Waals surface area contributed by atoms with Crippen molar-refractivity contribution in [1.29, 1.82) is 0 Å². The molecule has 3 nitrogen and oxygen atoms in total. The van der Waals surface area contributed by atoms with Crippen LogP contribution in [0.4, 0.5) is 0 Å². The molecule has 0 aliphatic heterocycles. The van der Waals surface area contributed by atoms with Gasteiger partial charge >= 0.3 is 0 Å². The number of hydrogen-bond acceptors (Lipinski definition) is 2. The lowest BCUT2D eigenvalue weighted by molar-refractivity contribution is 0.535. The third-order valence-corrected chi connectivity index (χ3v) is 3.27. The van der Waals surface area contributed by atoms with Crippen molar-refractivity contribution in [2.75, 3.05) is 0 Å². The van der Waals surface area contributed by atoms with Crippen molar-refractivity contribution in [3.8, 4) is 0 Å². The number of nitrogens with two attached hydrogens (primary N) is 1. The Hall–Kier alpha value is -0.830. The summed E-state index contributed by atoms with van der Waals surface area (Å²) in [4.78, 5) is 4.40. The minimum Gasteiger partial charge on any atom is -0.335 e. The van der Waals surface area contributed by atoms with E-state index in [0.29, 0.717) is 0 Å². The average Bonchev–Trinajstić information content (AvgIpc) is 2.76. The first kappa shape index (κ1) is 14.2. The van der Waals surface area contributed by atoms with Gasteiger partial charge in [-0.1, -0.05) is 39.5 Å². The van der Waals surface area contributed by atoms with Gasteiger partial charge in [0.1, 0.15) is 5.82 Å². The molecule has 0 saturated heterocycles. The highest BCUT2D eigenvalue weighted by Crippen LogP contribution is 2.08. The summed E-state index contributed by atoms with van der Waals surface area (Å²) in [5.41, 5.74) is 5.97. The van der Waals surface area contributed by atoms with Crippen molar-refractivity contribution in [2.24, 2.45) is 5.73 Å². The van der Waals surface area contributed by atoms with Gasteiger partial charge in [-0.25, -0.2) is 4.98 Å². The molecular formula is C14H27N3. The molecule has 2 N–H and O–H groups in total. The number of nitrogens with zero attached hydrogens (tertiary/aromatic N) is 2. The third-order valence-electron chi connectivity index (χ3n) is 3.27. The summed E-state index contributed by atoms with van der Waals surface area (Å²) in [6.45, 7) is 5.47. The molecule has 1 heterocycles. The summed E-state index contributed by atoms with van der Waals surface area (Å²) >= 11 is 0. The summed E-state index contributed by atoms with van der Waals surface area (Å²) in [6, 6.07) is 0.247. The van der Waals surface area contributed by atoms with Gasteiger partial charge in [-0.2, -0.15) is 0 Å². The second kappa shape index (κ2) is 8.29. The highest BCUT2D eigenvalue weighted by Gasteiger charge is 2.07. The van der Waals surface area contributed by atoms with Crippen molar-refractivity contribution < 1.29 is 0 Å². The molecule has 1 aromatic rings. The van der Waals surface area contributed by atoms with Crippen LogP contribution in [-0.4, -0.2) is 15.6 Å². The molecule has 0 bridgehead atoms. The lowest BCUT2D eigenvalue weighted by Gasteiger charge is -2.11. The first-order chi connectivity index (χ1) is 8.27.